The molecule has 0 fully saturated rings. The van der Waals surface area contributed by atoms with Gasteiger partial charge in [0, 0.05) is 6.42 Å². The normalized spacial score (nSPS) is 21.6. The van der Waals surface area contributed by atoms with E-state index in [1.165, 1.54) is 0 Å². The van der Waals surface area contributed by atoms with Gasteiger partial charge in [-0.2, -0.15) is 8.42 Å². The molecule has 9 heteroatoms. The summed E-state index contributed by atoms with van der Waals surface area (Å²) >= 11 is 0. The third-order valence-electron chi connectivity index (χ3n) is 4.66. The standard InChI is InChI=1S/C18H32N2O6S/c1-2-3-4-5-6-7-8-9-17(23)18-19-10-11-20(18,12-13-21)14-16(22)15-27(24,25)26/h3-4,16,21-22H,2,5-15H2,1H3/p+1/b4-3+. The number of nitrogens with zero attached hydrogens (tertiary/aromatic N) is 2. The second kappa shape index (κ2) is 11.7. The monoisotopic (exact) mass is 405 g/mol. The van der Waals surface area contributed by atoms with Gasteiger partial charge in [-0.1, -0.05) is 25.5 Å². The summed E-state index contributed by atoms with van der Waals surface area (Å²) in [5.41, 5.74) is 0. The molecule has 27 heavy (non-hydrogen) atoms. The van der Waals surface area contributed by atoms with Gasteiger partial charge in [-0.15, -0.1) is 0 Å². The molecule has 0 aromatic heterocycles. The number of hydrogen-bond acceptors (Lipinski definition) is 6. The first-order valence-electron chi connectivity index (χ1n) is 9.57. The summed E-state index contributed by atoms with van der Waals surface area (Å²) in [6, 6.07) is 0. The molecule has 156 valence electrons. The summed E-state index contributed by atoms with van der Waals surface area (Å²) in [5, 5.41) is 19.5. The SMILES string of the molecule is CC/C=C/CCCCCC(=O)C1=NCC[N+]1(CCO)CC(O)CS(=O)(=O)O. The molecule has 0 amide bonds. The van der Waals surface area contributed by atoms with E-state index < -0.39 is 22.0 Å². The summed E-state index contributed by atoms with van der Waals surface area (Å²) in [5.74, 6) is -0.626. The van der Waals surface area contributed by atoms with Gasteiger partial charge in [0.1, 0.15) is 31.5 Å². The fraction of sp³-hybridized carbons (Fsp3) is 0.778. The van der Waals surface area contributed by atoms with Crippen LogP contribution in [0.2, 0.25) is 0 Å². The van der Waals surface area contributed by atoms with E-state index >= 15 is 0 Å². The van der Waals surface area contributed by atoms with E-state index in [4.69, 9.17) is 4.55 Å². The van der Waals surface area contributed by atoms with Crippen molar-refractivity contribution in [3.8, 4) is 0 Å². The highest BCUT2D eigenvalue weighted by Gasteiger charge is 2.43. The number of allylic oxidation sites excluding steroid dienone is 2. The Labute approximate surface area is 161 Å². The van der Waals surface area contributed by atoms with Crippen LogP contribution in [0, 0.1) is 0 Å². The fourth-order valence-corrected chi connectivity index (χ4v) is 4.05. The number of rotatable bonds is 14. The highest BCUT2D eigenvalue weighted by Crippen LogP contribution is 2.19. The van der Waals surface area contributed by atoms with Crippen molar-refractivity contribution in [2.45, 2.75) is 51.6 Å². The zero-order valence-corrected chi connectivity index (χ0v) is 16.9. The van der Waals surface area contributed by atoms with Gasteiger partial charge in [0.15, 0.2) is 0 Å². The minimum Gasteiger partial charge on any atom is -0.390 e. The number of hydrogen-bond donors (Lipinski definition) is 3. The molecule has 1 aliphatic heterocycles. The molecule has 0 aliphatic carbocycles. The third kappa shape index (κ3) is 8.61. The topological polar surface area (TPSA) is 124 Å². The number of carbonyl (C=O) groups excluding carboxylic acids is 1. The van der Waals surface area contributed by atoms with Crippen LogP contribution in [-0.2, 0) is 14.9 Å². The van der Waals surface area contributed by atoms with Crippen molar-refractivity contribution in [3.63, 3.8) is 0 Å². The minimum absolute atomic E-state index is 0.0365. The van der Waals surface area contributed by atoms with Crippen LogP contribution in [0.1, 0.15) is 45.4 Å². The molecule has 0 aromatic rings. The highest BCUT2D eigenvalue weighted by atomic mass is 32.2. The maximum Gasteiger partial charge on any atom is 0.267 e. The molecule has 0 aromatic carbocycles. The van der Waals surface area contributed by atoms with Gasteiger partial charge in [0.05, 0.1) is 13.2 Å². The fourth-order valence-electron chi connectivity index (χ4n) is 3.45. The molecule has 0 spiro atoms. The van der Waals surface area contributed by atoms with Crippen LogP contribution in [0.15, 0.2) is 17.1 Å². The number of aliphatic hydroxyl groups is 2. The molecular formula is C18H33N2O6S+. The van der Waals surface area contributed by atoms with E-state index in [0.29, 0.717) is 25.3 Å². The zero-order chi connectivity index (χ0) is 20.3. The van der Waals surface area contributed by atoms with Gasteiger partial charge in [-0.05, 0) is 25.7 Å². The van der Waals surface area contributed by atoms with Crippen molar-refractivity contribution in [3.05, 3.63) is 12.2 Å². The lowest BCUT2D eigenvalue weighted by atomic mass is 10.1. The number of Topliss-reactive ketones (excluding diaryl/α,β-unsaturated/α-hetero) is 1. The first kappa shape index (κ1) is 23.9. The Morgan fingerprint density at radius 3 is 2.67 bits per heavy atom. The molecule has 1 aliphatic rings. The van der Waals surface area contributed by atoms with Gasteiger partial charge in [-0.25, -0.2) is 4.99 Å². The number of aliphatic imine (C=N–C) groups is 1. The molecule has 3 N–H and O–H groups in total. The predicted molar refractivity (Wildman–Crippen MR) is 104 cm³/mol. The Morgan fingerprint density at radius 1 is 1.30 bits per heavy atom. The molecular weight excluding hydrogens is 372 g/mol. The van der Waals surface area contributed by atoms with Crippen LogP contribution in [0.4, 0.5) is 0 Å². The lowest BCUT2D eigenvalue weighted by Crippen LogP contribution is -2.59. The number of carbonyl (C=O) groups is 1. The molecule has 0 bridgehead atoms. The van der Waals surface area contributed by atoms with Crippen molar-refractivity contribution in [1.82, 2.24) is 0 Å². The molecule has 0 saturated carbocycles. The first-order valence-corrected chi connectivity index (χ1v) is 11.2. The van der Waals surface area contributed by atoms with E-state index in [1.807, 2.05) is 0 Å². The quantitative estimate of drug-likeness (QED) is 0.171. The number of aliphatic hydroxyl groups excluding tert-OH is 2. The molecule has 8 nitrogen and oxygen atoms in total. The maximum atomic E-state index is 12.6. The van der Waals surface area contributed by atoms with Crippen molar-refractivity contribution >= 4 is 21.7 Å². The Hall–Kier alpha value is -1.13. The largest absolute Gasteiger partial charge is 0.390 e. The highest BCUT2D eigenvalue weighted by molar-refractivity contribution is 7.85. The second-order valence-corrected chi connectivity index (χ2v) is 8.51. The average Bonchev–Trinajstić information content (AvgIpc) is 2.95. The number of quaternary nitrogens is 1. The molecule has 2 atom stereocenters. The van der Waals surface area contributed by atoms with E-state index in [0.717, 1.165) is 32.1 Å². The summed E-state index contributed by atoms with van der Waals surface area (Å²) in [6.45, 7) is 2.78. The number of amidine groups is 1. The smallest absolute Gasteiger partial charge is 0.267 e. The molecule has 2 unspecified atom stereocenters. The van der Waals surface area contributed by atoms with Crippen LogP contribution in [0.5, 0.6) is 0 Å². The van der Waals surface area contributed by atoms with Gasteiger partial charge in [0.2, 0.25) is 5.78 Å². The first-order chi connectivity index (χ1) is 12.7. The van der Waals surface area contributed by atoms with Crippen molar-refractivity contribution in [2.24, 2.45) is 4.99 Å². The van der Waals surface area contributed by atoms with Crippen molar-refractivity contribution in [2.75, 3.05) is 38.5 Å². The van der Waals surface area contributed by atoms with Crippen molar-refractivity contribution < 1.29 is 32.5 Å². The molecule has 1 heterocycles. The van der Waals surface area contributed by atoms with Gasteiger partial charge in [0.25, 0.3) is 16.0 Å². The Bertz CT molecular complexity index is 632. The summed E-state index contributed by atoms with van der Waals surface area (Å²) in [7, 11) is -4.32. The van der Waals surface area contributed by atoms with E-state index in [-0.39, 0.29) is 30.0 Å². The van der Waals surface area contributed by atoms with Crippen LogP contribution in [0.25, 0.3) is 0 Å². The second-order valence-electron chi connectivity index (χ2n) is 7.01. The van der Waals surface area contributed by atoms with Gasteiger partial charge >= 0.3 is 0 Å². The van der Waals surface area contributed by atoms with Crippen LogP contribution >= 0.6 is 0 Å². The maximum absolute atomic E-state index is 12.6. The third-order valence-corrected chi connectivity index (χ3v) is 5.46. The lowest BCUT2D eigenvalue weighted by molar-refractivity contribution is -0.837. The van der Waals surface area contributed by atoms with Gasteiger partial charge < -0.3 is 10.2 Å². The lowest BCUT2D eigenvalue weighted by Gasteiger charge is -2.34. The minimum atomic E-state index is -4.32. The van der Waals surface area contributed by atoms with Crippen LogP contribution < -0.4 is 0 Å². The molecule has 0 radical (unpaired) electrons. The van der Waals surface area contributed by atoms with Crippen LogP contribution in [0.3, 0.4) is 0 Å². The van der Waals surface area contributed by atoms with Crippen molar-refractivity contribution in [1.29, 1.82) is 0 Å². The Balaban J connectivity index is 2.64. The average molecular weight is 406 g/mol. The molecule has 0 saturated heterocycles. The Kier molecular flexibility index (Phi) is 10.3. The summed E-state index contributed by atoms with van der Waals surface area (Å²) < 4.78 is 30.9. The predicted octanol–water partition coefficient (Wildman–Crippen LogP) is 0.942. The van der Waals surface area contributed by atoms with E-state index in [9.17, 15) is 23.4 Å². The summed E-state index contributed by atoms with van der Waals surface area (Å²) in [4.78, 5) is 16.9. The van der Waals surface area contributed by atoms with Crippen LogP contribution in [-0.4, -0.2) is 83.9 Å². The number of unbranched alkanes of at least 4 members (excludes halogenated alkanes) is 3. The van der Waals surface area contributed by atoms with Gasteiger partial charge in [-0.3, -0.25) is 13.8 Å². The van der Waals surface area contributed by atoms with E-state index in [1.54, 1.807) is 0 Å². The molecule has 1 rings (SSSR count). The zero-order valence-electron chi connectivity index (χ0n) is 16.1. The summed E-state index contributed by atoms with van der Waals surface area (Å²) in [6.07, 6.45) is 7.97. The van der Waals surface area contributed by atoms with E-state index in [2.05, 4.69) is 24.1 Å². The number of ketones is 1. The Morgan fingerprint density at radius 2 is 2.04 bits per heavy atom.